The summed E-state index contributed by atoms with van der Waals surface area (Å²) in [7, 11) is 0. The highest BCUT2D eigenvalue weighted by Crippen LogP contribution is 2.52. The van der Waals surface area contributed by atoms with Crippen molar-refractivity contribution in [1.29, 1.82) is 0 Å². The van der Waals surface area contributed by atoms with E-state index in [-0.39, 0.29) is 22.9 Å². The summed E-state index contributed by atoms with van der Waals surface area (Å²) in [5.74, 6) is -2.68. The summed E-state index contributed by atoms with van der Waals surface area (Å²) in [5.41, 5.74) is -0.234. The summed E-state index contributed by atoms with van der Waals surface area (Å²) < 4.78 is -0.578. The van der Waals surface area contributed by atoms with Gasteiger partial charge in [-0.1, -0.05) is 0 Å². The largest absolute Gasteiger partial charge is 0.481 e. The second-order valence-electron chi connectivity index (χ2n) is 7.28. The molecule has 0 spiro atoms. The number of carboxylic acid groups (broad SMARTS) is 2. The number of rotatable bonds is 3. The van der Waals surface area contributed by atoms with Gasteiger partial charge in [0.25, 0.3) is 5.91 Å². The Morgan fingerprint density at radius 3 is 2.12 bits per heavy atom. The van der Waals surface area contributed by atoms with Crippen molar-refractivity contribution in [2.45, 2.75) is 50.8 Å². The summed E-state index contributed by atoms with van der Waals surface area (Å²) in [5, 5.41) is 17.1. The molecule has 25 heavy (non-hydrogen) atoms. The monoisotopic (exact) mass is 391 g/mol. The van der Waals surface area contributed by atoms with E-state index in [0.29, 0.717) is 5.57 Å². The second-order valence-corrected chi connectivity index (χ2v) is 9.28. The molecule has 2 aliphatic rings. The molecule has 140 valence electrons. The molecule has 2 aliphatic heterocycles. The minimum atomic E-state index is -1.02. The van der Waals surface area contributed by atoms with E-state index in [2.05, 4.69) is 0 Å². The van der Waals surface area contributed by atoms with Crippen LogP contribution >= 0.6 is 23.4 Å². The number of thioether (sulfide) groups is 1. The SMILES string of the molecule is CC(C)(C)C(=O)O.CC1(C)S[C@@H]2C(=CC(=O)CCl)C(=O)N2[C@H]1C(=O)O. The predicted octanol–water partition coefficient (Wildman–Crippen LogP) is 1.98. The van der Waals surface area contributed by atoms with E-state index < -0.39 is 28.1 Å². The lowest BCUT2D eigenvalue weighted by Gasteiger charge is -2.38. The third-order valence-corrected chi connectivity index (χ3v) is 5.47. The van der Waals surface area contributed by atoms with E-state index in [9.17, 15) is 24.3 Å². The van der Waals surface area contributed by atoms with E-state index >= 15 is 0 Å². The number of allylic oxidation sites excluding steroid dienone is 1. The summed E-state index contributed by atoms with van der Waals surface area (Å²) in [4.78, 5) is 45.7. The number of amides is 1. The number of carboxylic acids is 2. The molecular formula is C16H22ClNO6S. The summed E-state index contributed by atoms with van der Waals surface area (Å²) >= 11 is 6.76. The van der Waals surface area contributed by atoms with Crippen molar-refractivity contribution in [1.82, 2.24) is 4.90 Å². The normalized spacial score (nSPS) is 25.6. The number of ketones is 1. The molecule has 1 amide bonds. The lowest BCUT2D eigenvalue weighted by molar-refractivity contribution is -0.152. The number of alkyl halides is 1. The smallest absolute Gasteiger partial charge is 0.327 e. The Morgan fingerprint density at radius 2 is 1.76 bits per heavy atom. The van der Waals surface area contributed by atoms with Crippen molar-refractivity contribution in [3.05, 3.63) is 11.6 Å². The Morgan fingerprint density at radius 1 is 1.28 bits per heavy atom. The lowest BCUT2D eigenvalue weighted by Crippen LogP contribution is -2.58. The van der Waals surface area contributed by atoms with E-state index in [1.807, 2.05) is 0 Å². The van der Waals surface area contributed by atoms with Crippen molar-refractivity contribution in [3.63, 3.8) is 0 Å². The van der Waals surface area contributed by atoms with Gasteiger partial charge in [0, 0.05) is 4.75 Å². The molecule has 0 saturated carbocycles. The Hall–Kier alpha value is -1.54. The maximum Gasteiger partial charge on any atom is 0.327 e. The first-order chi connectivity index (χ1) is 11.2. The van der Waals surface area contributed by atoms with E-state index in [4.69, 9.17) is 16.7 Å². The topological polar surface area (TPSA) is 112 Å². The number of hydrogen-bond acceptors (Lipinski definition) is 5. The van der Waals surface area contributed by atoms with Gasteiger partial charge in [0.05, 0.1) is 16.9 Å². The van der Waals surface area contributed by atoms with E-state index in [0.717, 1.165) is 0 Å². The number of carbonyl (C=O) groups is 4. The average molecular weight is 392 g/mol. The van der Waals surface area contributed by atoms with Gasteiger partial charge >= 0.3 is 11.9 Å². The molecule has 2 N–H and O–H groups in total. The Labute approximate surface area is 155 Å². The summed E-state index contributed by atoms with van der Waals surface area (Å²) in [6.07, 6.45) is 1.23. The molecule has 0 unspecified atom stereocenters. The molecule has 2 atom stereocenters. The van der Waals surface area contributed by atoms with Crippen LogP contribution in [0.25, 0.3) is 0 Å². The van der Waals surface area contributed by atoms with Crippen molar-refractivity contribution < 1.29 is 29.4 Å². The van der Waals surface area contributed by atoms with Crippen LogP contribution in [0.2, 0.25) is 0 Å². The molecule has 2 saturated heterocycles. The number of carbonyl (C=O) groups excluding carboxylic acids is 2. The van der Waals surface area contributed by atoms with E-state index in [1.165, 1.54) is 22.7 Å². The van der Waals surface area contributed by atoms with Crippen molar-refractivity contribution in [3.8, 4) is 0 Å². The van der Waals surface area contributed by atoms with Gasteiger partial charge in [0.1, 0.15) is 11.4 Å². The zero-order chi connectivity index (χ0) is 19.7. The van der Waals surface area contributed by atoms with Crippen LogP contribution in [0.1, 0.15) is 34.6 Å². The highest BCUT2D eigenvalue weighted by molar-refractivity contribution is 8.01. The maximum atomic E-state index is 11.9. The minimum Gasteiger partial charge on any atom is -0.481 e. The van der Waals surface area contributed by atoms with Crippen molar-refractivity contribution >= 4 is 47.0 Å². The minimum absolute atomic E-state index is 0.181. The van der Waals surface area contributed by atoms with Gasteiger partial charge in [-0.05, 0) is 40.7 Å². The standard InChI is InChI=1S/C11H12ClNO4S.C5H10O2/c1-11(2)7(10(16)17)13-8(15)6(9(13)18-11)3-5(14)4-12;1-5(2,3)4(6)7/h3,7,9H,4H2,1-2H3,(H,16,17);1-3H3,(H,6,7)/t7-,9+;/m0./s1. The number of β-lactam (4-membered cyclic amide) rings is 1. The third-order valence-electron chi connectivity index (χ3n) is 3.68. The van der Waals surface area contributed by atoms with Crippen molar-refractivity contribution in [2.75, 3.05) is 5.88 Å². The maximum absolute atomic E-state index is 11.9. The van der Waals surface area contributed by atoms with Gasteiger partial charge in [-0.25, -0.2) is 4.79 Å². The number of aliphatic carboxylic acids is 2. The molecule has 0 aromatic heterocycles. The average Bonchev–Trinajstić information content (AvgIpc) is 2.72. The first-order valence-corrected chi connectivity index (χ1v) is 8.92. The molecule has 0 aromatic carbocycles. The van der Waals surface area contributed by atoms with Gasteiger partial charge in [-0.2, -0.15) is 0 Å². The van der Waals surface area contributed by atoms with Crippen LogP contribution in [0.3, 0.4) is 0 Å². The van der Waals surface area contributed by atoms with Crippen LogP contribution < -0.4 is 0 Å². The van der Waals surface area contributed by atoms with Gasteiger partial charge in [-0.3, -0.25) is 14.4 Å². The van der Waals surface area contributed by atoms with Crippen LogP contribution in [-0.4, -0.2) is 60.8 Å². The molecule has 2 fully saturated rings. The predicted molar refractivity (Wildman–Crippen MR) is 94.6 cm³/mol. The highest BCUT2D eigenvalue weighted by atomic mass is 35.5. The number of halogens is 1. The van der Waals surface area contributed by atoms with Gasteiger partial charge in [0.15, 0.2) is 5.78 Å². The highest BCUT2D eigenvalue weighted by Gasteiger charge is 2.61. The molecular weight excluding hydrogens is 370 g/mol. The van der Waals surface area contributed by atoms with Gasteiger partial charge < -0.3 is 15.1 Å². The molecule has 7 nitrogen and oxygen atoms in total. The molecule has 0 bridgehead atoms. The third kappa shape index (κ3) is 4.55. The van der Waals surface area contributed by atoms with Crippen LogP contribution in [0, 0.1) is 5.41 Å². The van der Waals surface area contributed by atoms with Gasteiger partial charge in [-0.15, -0.1) is 23.4 Å². The summed E-state index contributed by atoms with van der Waals surface area (Å²) in [6.45, 7) is 8.55. The molecule has 2 heterocycles. The number of hydrogen-bond donors (Lipinski definition) is 2. The fourth-order valence-electron chi connectivity index (χ4n) is 2.27. The zero-order valence-electron chi connectivity index (χ0n) is 14.7. The van der Waals surface area contributed by atoms with Crippen LogP contribution in [0.4, 0.5) is 0 Å². The first kappa shape index (κ1) is 21.5. The lowest BCUT2D eigenvalue weighted by atomic mass is 9.95. The van der Waals surface area contributed by atoms with Crippen LogP contribution in [0.5, 0.6) is 0 Å². The van der Waals surface area contributed by atoms with Crippen LogP contribution in [0.15, 0.2) is 11.6 Å². The molecule has 0 radical (unpaired) electrons. The Bertz CT molecular complexity index is 637. The number of nitrogens with zero attached hydrogens (tertiary/aromatic N) is 1. The zero-order valence-corrected chi connectivity index (χ0v) is 16.3. The fourth-order valence-corrected chi connectivity index (χ4v) is 3.89. The second kappa shape index (κ2) is 7.37. The van der Waals surface area contributed by atoms with Crippen LogP contribution in [-0.2, 0) is 19.2 Å². The fraction of sp³-hybridized carbons (Fsp3) is 0.625. The quantitative estimate of drug-likeness (QED) is 0.429. The Kier molecular flexibility index (Phi) is 6.34. The first-order valence-electron chi connectivity index (χ1n) is 7.51. The molecule has 0 aliphatic carbocycles. The summed E-state index contributed by atoms with van der Waals surface area (Å²) in [6, 6.07) is -0.858. The Balaban J connectivity index is 0.000000381. The molecule has 9 heteroatoms. The van der Waals surface area contributed by atoms with Crippen molar-refractivity contribution in [2.24, 2.45) is 5.41 Å². The molecule has 0 aromatic rings. The molecule has 2 rings (SSSR count). The van der Waals surface area contributed by atoms with Gasteiger partial charge in [0.2, 0.25) is 0 Å². The number of fused-ring (bicyclic) bond motifs is 1. The van der Waals surface area contributed by atoms with E-state index in [1.54, 1.807) is 34.6 Å².